The molecule has 0 saturated carbocycles. The molecule has 0 radical (unpaired) electrons. The van der Waals surface area contributed by atoms with Gasteiger partial charge in [-0.15, -0.1) is 0 Å². The van der Waals surface area contributed by atoms with Crippen LogP contribution in [0, 0.1) is 10.1 Å². The van der Waals surface area contributed by atoms with Gasteiger partial charge in [0.05, 0.1) is 4.92 Å². The average Bonchev–Trinajstić information content (AvgIpc) is 2.86. The lowest BCUT2D eigenvalue weighted by molar-refractivity contribution is -0.385. The normalized spacial score (nSPS) is 11.3. The quantitative estimate of drug-likeness (QED) is 0.651. The highest BCUT2D eigenvalue weighted by atomic mass is 19.4. The molecule has 1 heterocycles. The zero-order valence-corrected chi connectivity index (χ0v) is 12.2. The molecule has 0 unspecified atom stereocenters. The van der Waals surface area contributed by atoms with Crippen molar-refractivity contribution in [2.24, 2.45) is 7.05 Å². The number of nitrogens with one attached hydrogen (secondary N) is 1. The van der Waals surface area contributed by atoms with Gasteiger partial charge in [0, 0.05) is 37.0 Å². The lowest BCUT2D eigenvalue weighted by Crippen LogP contribution is -2.24. The Morgan fingerprint density at radius 1 is 1.46 bits per heavy atom. The SMILES string of the molecule is Cn1cc(CNC(=O)c2ccc(O)c([N+](=O)[O-])c2)c(C(F)(F)F)n1. The lowest BCUT2D eigenvalue weighted by Gasteiger charge is -2.08. The van der Waals surface area contributed by atoms with Crippen LogP contribution >= 0.6 is 0 Å². The molecule has 0 spiro atoms. The highest BCUT2D eigenvalue weighted by molar-refractivity contribution is 5.95. The Morgan fingerprint density at radius 2 is 2.12 bits per heavy atom. The van der Waals surface area contributed by atoms with E-state index in [1.807, 2.05) is 0 Å². The van der Waals surface area contributed by atoms with E-state index < -0.39 is 40.7 Å². The minimum absolute atomic E-state index is 0.169. The Balaban J connectivity index is 2.18. The van der Waals surface area contributed by atoms with Crippen molar-refractivity contribution in [2.45, 2.75) is 12.7 Å². The molecule has 1 aromatic heterocycles. The first-order chi connectivity index (χ1) is 11.1. The van der Waals surface area contributed by atoms with Gasteiger partial charge in [0.1, 0.15) is 0 Å². The molecule has 24 heavy (non-hydrogen) atoms. The topological polar surface area (TPSA) is 110 Å². The minimum Gasteiger partial charge on any atom is -0.502 e. The van der Waals surface area contributed by atoms with Gasteiger partial charge in [0.25, 0.3) is 5.91 Å². The highest BCUT2D eigenvalue weighted by Gasteiger charge is 2.36. The fraction of sp³-hybridized carbons (Fsp3) is 0.231. The molecule has 1 aromatic carbocycles. The second kappa shape index (κ2) is 6.18. The third-order valence-corrected chi connectivity index (χ3v) is 3.05. The maximum absolute atomic E-state index is 12.8. The molecule has 0 bridgehead atoms. The number of amides is 1. The van der Waals surface area contributed by atoms with Crippen LogP contribution in [0.4, 0.5) is 18.9 Å². The van der Waals surface area contributed by atoms with E-state index in [2.05, 4.69) is 10.4 Å². The average molecular weight is 344 g/mol. The van der Waals surface area contributed by atoms with Crippen LogP contribution in [0.2, 0.25) is 0 Å². The molecule has 0 aliphatic rings. The van der Waals surface area contributed by atoms with Crippen LogP contribution in [0.25, 0.3) is 0 Å². The largest absolute Gasteiger partial charge is 0.502 e. The molecule has 11 heteroatoms. The van der Waals surface area contributed by atoms with Crippen molar-refractivity contribution in [1.29, 1.82) is 0 Å². The smallest absolute Gasteiger partial charge is 0.435 e. The van der Waals surface area contributed by atoms with E-state index in [4.69, 9.17) is 0 Å². The van der Waals surface area contributed by atoms with Gasteiger partial charge in [-0.05, 0) is 12.1 Å². The monoisotopic (exact) mass is 344 g/mol. The van der Waals surface area contributed by atoms with Crippen LogP contribution in [0.5, 0.6) is 5.75 Å². The molecule has 2 rings (SSSR count). The summed E-state index contributed by atoms with van der Waals surface area (Å²) in [5, 5.41) is 25.6. The summed E-state index contributed by atoms with van der Waals surface area (Å²) < 4.78 is 39.4. The second-order valence-electron chi connectivity index (χ2n) is 4.82. The number of nitro benzene ring substituents is 1. The van der Waals surface area contributed by atoms with Gasteiger partial charge in [0.2, 0.25) is 0 Å². The number of nitro groups is 1. The molecular weight excluding hydrogens is 333 g/mol. The van der Waals surface area contributed by atoms with Crippen molar-refractivity contribution in [1.82, 2.24) is 15.1 Å². The van der Waals surface area contributed by atoms with Gasteiger partial charge in [-0.3, -0.25) is 19.6 Å². The van der Waals surface area contributed by atoms with Gasteiger partial charge in [-0.25, -0.2) is 0 Å². The van der Waals surface area contributed by atoms with Crippen LogP contribution < -0.4 is 5.32 Å². The fourth-order valence-corrected chi connectivity index (χ4v) is 1.99. The predicted molar refractivity (Wildman–Crippen MR) is 74.1 cm³/mol. The number of phenols is 1. The fourth-order valence-electron chi connectivity index (χ4n) is 1.99. The van der Waals surface area contributed by atoms with Crippen molar-refractivity contribution in [3.63, 3.8) is 0 Å². The summed E-state index contributed by atoms with van der Waals surface area (Å²) in [4.78, 5) is 21.8. The minimum atomic E-state index is -4.67. The summed E-state index contributed by atoms with van der Waals surface area (Å²) in [6.07, 6.45) is -3.55. The predicted octanol–water partition coefficient (Wildman–Crippen LogP) is 1.98. The number of aromatic nitrogens is 2. The first-order valence-electron chi connectivity index (χ1n) is 6.45. The molecule has 1 amide bonds. The van der Waals surface area contributed by atoms with Crippen LogP contribution in [0.15, 0.2) is 24.4 Å². The van der Waals surface area contributed by atoms with Crippen LogP contribution in [0.1, 0.15) is 21.6 Å². The summed E-state index contributed by atoms with van der Waals surface area (Å²) in [6, 6.07) is 2.91. The Hall–Kier alpha value is -3.11. The van der Waals surface area contributed by atoms with Crippen LogP contribution in [-0.4, -0.2) is 25.7 Å². The molecule has 0 atom stereocenters. The Kier molecular flexibility index (Phi) is 4.44. The number of aromatic hydroxyl groups is 1. The van der Waals surface area contributed by atoms with E-state index in [0.717, 1.165) is 29.1 Å². The first-order valence-corrected chi connectivity index (χ1v) is 6.45. The van der Waals surface area contributed by atoms with Gasteiger partial charge < -0.3 is 10.4 Å². The number of rotatable bonds is 4. The summed E-state index contributed by atoms with van der Waals surface area (Å²) in [7, 11) is 1.31. The molecule has 2 N–H and O–H groups in total. The van der Waals surface area contributed by atoms with Gasteiger partial charge >= 0.3 is 11.9 Å². The van der Waals surface area contributed by atoms with Crippen molar-refractivity contribution < 1.29 is 28.0 Å². The number of hydrogen-bond donors (Lipinski definition) is 2. The number of hydrogen-bond acceptors (Lipinski definition) is 5. The first kappa shape index (κ1) is 17.2. The number of carbonyl (C=O) groups excluding carboxylic acids is 1. The molecular formula is C13H11F3N4O4. The second-order valence-corrected chi connectivity index (χ2v) is 4.82. The van der Waals surface area contributed by atoms with E-state index in [1.165, 1.54) is 7.05 Å². The number of carbonyl (C=O) groups is 1. The third-order valence-electron chi connectivity index (χ3n) is 3.05. The number of phenolic OH excluding ortho intramolecular Hbond substituents is 1. The van der Waals surface area contributed by atoms with Crippen LogP contribution in [-0.2, 0) is 19.8 Å². The molecule has 0 aliphatic carbocycles. The maximum Gasteiger partial charge on any atom is 0.435 e. The van der Waals surface area contributed by atoms with E-state index in [9.17, 15) is 33.2 Å². The molecule has 0 fully saturated rings. The van der Waals surface area contributed by atoms with Crippen molar-refractivity contribution in [3.8, 4) is 5.75 Å². The van der Waals surface area contributed by atoms with Crippen molar-refractivity contribution in [2.75, 3.05) is 0 Å². The molecule has 0 saturated heterocycles. The Labute approximate surface area is 132 Å². The van der Waals surface area contributed by atoms with Gasteiger partial charge in [-0.2, -0.15) is 18.3 Å². The molecule has 128 valence electrons. The number of halogens is 3. The highest BCUT2D eigenvalue weighted by Crippen LogP contribution is 2.30. The van der Waals surface area contributed by atoms with Gasteiger partial charge in [0.15, 0.2) is 11.4 Å². The zero-order chi connectivity index (χ0) is 18.1. The number of alkyl halides is 3. The Bertz CT molecular complexity index is 801. The maximum atomic E-state index is 12.8. The van der Waals surface area contributed by atoms with E-state index in [-0.39, 0.29) is 11.1 Å². The summed E-state index contributed by atoms with van der Waals surface area (Å²) >= 11 is 0. The Morgan fingerprint density at radius 3 is 2.71 bits per heavy atom. The van der Waals surface area contributed by atoms with Gasteiger partial charge in [-0.1, -0.05) is 0 Å². The van der Waals surface area contributed by atoms with E-state index >= 15 is 0 Å². The standard InChI is InChI=1S/C13H11F3N4O4/c1-19-6-8(11(18-19)13(14,15)16)5-17-12(22)7-2-3-10(21)9(4-7)20(23)24/h2-4,6,21H,5H2,1H3,(H,17,22). The van der Waals surface area contributed by atoms with Crippen molar-refractivity contribution in [3.05, 3.63) is 51.3 Å². The number of nitrogens with zero attached hydrogens (tertiary/aromatic N) is 3. The van der Waals surface area contributed by atoms with Crippen LogP contribution in [0.3, 0.4) is 0 Å². The third kappa shape index (κ3) is 3.62. The molecule has 8 nitrogen and oxygen atoms in total. The van der Waals surface area contributed by atoms with E-state index in [0.29, 0.717) is 0 Å². The number of benzene rings is 1. The zero-order valence-electron chi connectivity index (χ0n) is 12.2. The van der Waals surface area contributed by atoms with Crippen molar-refractivity contribution >= 4 is 11.6 Å². The lowest BCUT2D eigenvalue weighted by atomic mass is 10.1. The summed E-state index contributed by atoms with van der Waals surface area (Å²) in [5.41, 5.74) is -2.22. The summed E-state index contributed by atoms with van der Waals surface area (Å²) in [6.45, 7) is -0.462. The summed E-state index contributed by atoms with van der Waals surface area (Å²) in [5.74, 6) is -1.45. The number of aryl methyl sites for hydroxylation is 1. The molecule has 2 aromatic rings. The van der Waals surface area contributed by atoms with E-state index in [1.54, 1.807) is 0 Å². The molecule has 0 aliphatic heterocycles.